The number of aryl methyl sites for hydroxylation is 1. The van der Waals surface area contributed by atoms with Crippen LogP contribution in [0.2, 0.25) is 0 Å². The molecule has 2 rings (SSSR count). The highest BCUT2D eigenvalue weighted by molar-refractivity contribution is 7.17. The maximum absolute atomic E-state index is 11.5. The van der Waals surface area contributed by atoms with Gasteiger partial charge in [-0.1, -0.05) is 0 Å². The van der Waals surface area contributed by atoms with E-state index in [9.17, 15) is 9.59 Å². The summed E-state index contributed by atoms with van der Waals surface area (Å²) in [6, 6.07) is 3.54. The first-order valence-electron chi connectivity index (χ1n) is 5.20. The molecule has 0 saturated heterocycles. The number of methoxy groups -OCH3 is 1. The van der Waals surface area contributed by atoms with Gasteiger partial charge in [-0.15, -0.1) is 11.3 Å². The molecule has 0 radical (unpaired) electrons. The molecule has 0 aliphatic heterocycles. The van der Waals surface area contributed by atoms with Crippen LogP contribution in [0.5, 0.6) is 0 Å². The summed E-state index contributed by atoms with van der Waals surface area (Å²) in [4.78, 5) is 27.4. The van der Waals surface area contributed by atoms with Crippen LogP contribution < -0.4 is 0 Å². The molecule has 18 heavy (non-hydrogen) atoms. The van der Waals surface area contributed by atoms with E-state index in [0.717, 1.165) is 17.1 Å². The van der Waals surface area contributed by atoms with Gasteiger partial charge in [-0.3, -0.25) is 4.79 Å². The van der Waals surface area contributed by atoms with Gasteiger partial charge < -0.3 is 9.15 Å². The second-order valence-electron chi connectivity index (χ2n) is 3.65. The minimum absolute atomic E-state index is 0.0408. The van der Waals surface area contributed by atoms with Crippen LogP contribution >= 0.6 is 11.3 Å². The van der Waals surface area contributed by atoms with Crippen molar-refractivity contribution in [2.75, 3.05) is 7.11 Å². The smallest absolute Gasteiger partial charge is 0.358 e. The number of hydrogen-bond acceptors (Lipinski definition) is 6. The van der Waals surface area contributed by atoms with Crippen molar-refractivity contribution in [3.63, 3.8) is 0 Å². The van der Waals surface area contributed by atoms with E-state index >= 15 is 0 Å². The molecule has 0 amide bonds. The maximum atomic E-state index is 11.5. The topological polar surface area (TPSA) is 69.4 Å². The molecule has 0 bridgehead atoms. The molecule has 0 unspecified atom stereocenters. The summed E-state index contributed by atoms with van der Waals surface area (Å²) in [5.74, 6) is 0.438. The van der Waals surface area contributed by atoms with Crippen LogP contribution in [0.4, 0.5) is 0 Å². The number of aromatic nitrogens is 1. The van der Waals surface area contributed by atoms with E-state index < -0.39 is 5.97 Å². The number of nitrogens with zero attached hydrogens (tertiary/aromatic N) is 1. The third-order valence-electron chi connectivity index (χ3n) is 2.28. The van der Waals surface area contributed by atoms with Crippen LogP contribution in [0, 0.1) is 6.92 Å². The third kappa shape index (κ3) is 2.19. The molecule has 0 atom stereocenters. The fourth-order valence-electron chi connectivity index (χ4n) is 1.45. The maximum Gasteiger partial charge on any atom is 0.358 e. The monoisotopic (exact) mass is 265 g/mol. The van der Waals surface area contributed by atoms with Crippen molar-refractivity contribution in [2.24, 2.45) is 0 Å². The van der Waals surface area contributed by atoms with Crippen LogP contribution in [0.15, 0.2) is 16.5 Å². The van der Waals surface area contributed by atoms with Crippen LogP contribution in [0.25, 0.3) is 10.8 Å². The predicted octanol–water partition coefficient (Wildman–Crippen LogP) is 2.70. The molecule has 0 N–H and O–H groups in total. The SMILES string of the molecule is COC(=O)c1nc(-c2ccc(C)o2)sc1C(C)=O. The number of esters is 1. The first-order valence-corrected chi connectivity index (χ1v) is 6.01. The Morgan fingerprint density at radius 3 is 2.61 bits per heavy atom. The molecular formula is C12H11NO4S. The molecule has 0 aromatic carbocycles. The van der Waals surface area contributed by atoms with Gasteiger partial charge >= 0.3 is 5.97 Å². The Morgan fingerprint density at radius 2 is 2.11 bits per heavy atom. The zero-order chi connectivity index (χ0) is 13.3. The average Bonchev–Trinajstić information content (AvgIpc) is 2.93. The van der Waals surface area contributed by atoms with Gasteiger partial charge in [0.15, 0.2) is 22.2 Å². The summed E-state index contributed by atoms with van der Waals surface area (Å²) >= 11 is 1.12. The van der Waals surface area contributed by atoms with Gasteiger partial charge in [0, 0.05) is 6.92 Å². The van der Waals surface area contributed by atoms with Gasteiger partial charge in [-0.05, 0) is 19.1 Å². The molecule has 6 heteroatoms. The van der Waals surface area contributed by atoms with Crippen LogP contribution in [-0.2, 0) is 4.74 Å². The molecule has 0 aliphatic rings. The Bertz CT molecular complexity index is 611. The van der Waals surface area contributed by atoms with Crippen molar-refractivity contribution < 1.29 is 18.7 Å². The Morgan fingerprint density at radius 1 is 1.39 bits per heavy atom. The van der Waals surface area contributed by atoms with E-state index in [-0.39, 0.29) is 16.4 Å². The zero-order valence-electron chi connectivity index (χ0n) is 10.1. The molecule has 0 aliphatic carbocycles. The number of carbonyl (C=O) groups excluding carboxylic acids is 2. The molecule has 2 aromatic rings. The van der Waals surface area contributed by atoms with E-state index in [0.29, 0.717) is 10.8 Å². The molecule has 94 valence electrons. The summed E-state index contributed by atoms with van der Waals surface area (Å²) in [5.41, 5.74) is 0.0408. The molecular weight excluding hydrogens is 254 g/mol. The van der Waals surface area contributed by atoms with Crippen molar-refractivity contribution in [3.8, 4) is 10.8 Å². The number of hydrogen-bond donors (Lipinski definition) is 0. The van der Waals surface area contributed by atoms with E-state index in [1.807, 2.05) is 6.92 Å². The highest BCUT2D eigenvalue weighted by Gasteiger charge is 2.23. The average molecular weight is 265 g/mol. The second kappa shape index (κ2) is 4.73. The second-order valence-corrected chi connectivity index (χ2v) is 4.65. The molecule has 0 fully saturated rings. The minimum atomic E-state index is -0.619. The van der Waals surface area contributed by atoms with E-state index in [2.05, 4.69) is 9.72 Å². The standard InChI is InChI=1S/C12H11NO4S/c1-6-4-5-8(17-6)11-13-9(12(15)16-3)10(18-11)7(2)14/h4-5H,1-3H3. The first kappa shape index (κ1) is 12.5. The fourth-order valence-corrected chi connectivity index (χ4v) is 2.36. The van der Waals surface area contributed by atoms with Crippen molar-refractivity contribution in [1.82, 2.24) is 4.98 Å². The molecule has 5 nitrogen and oxygen atoms in total. The van der Waals surface area contributed by atoms with Gasteiger partial charge in [-0.2, -0.15) is 0 Å². The summed E-state index contributed by atoms with van der Waals surface area (Å²) in [6.07, 6.45) is 0. The number of carbonyl (C=O) groups is 2. The number of ether oxygens (including phenoxy) is 1. The first-order chi connectivity index (χ1) is 8.52. The molecule has 0 saturated carbocycles. The number of thiazole rings is 1. The minimum Gasteiger partial charge on any atom is -0.464 e. The van der Waals surface area contributed by atoms with E-state index in [1.54, 1.807) is 12.1 Å². The highest BCUT2D eigenvalue weighted by Crippen LogP contribution is 2.30. The summed E-state index contributed by atoms with van der Waals surface area (Å²) in [7, 11) is 1.25. The Balaban J connectivity index is 2.52. The molecule has 2 heterocycles. The summed E-state index contributed by atoms with van der Waals surface area (Å²) in [6.45, 7) is 3.20. The van der Waals surface area contributed by atoms with Crippen molar-refractivity contribution in [2.45, 2.75) is 13.8 Å². The zero-order valence-corrected chi connectivity index (χ0v) is 11.0. The van der Waals surface area contributed by atoms with Gasteiger partial charge in [0.25, 0.3) is 0 Å². The Kier molecular flexibility index (Phi) is 3.29. The molecule has 2 aromatic heterocycles. The van der Waals surface area contributed by atoms with Gasteiger partial charge in [0.2, 0.25) is 0 Å². The summed E-state index contributed by atoms with van der Waals surface area (Å²) < 4.78 is 10.0. The Hall–Kier alpha value is -1.95. The van der Waals surface area contributed by atoms with Crippen molar-refractivity contribution >= 4 is 23.1 Å². The third-order valence-corrected chi connectivity index (χ3v) is 3.45. The van der Waals surface area contributed by atoms with Gasteiger partial charge in [-0.25, -0.2) is 9.78 Å². The van der Waals surface area contributed by atoms with Crippen LogP contribution in [-0.4, -0.2) is 23.8 Å². The lowest BCUT2D eigenvalue weighted by Gasteiger charge is -1.95. The number of rotatable bonds is 3. The lowest BCUT2D eigenvalue weighted by molar-refractivity contribution is 0.0591. The number of Topliss-reactive ketones (excluding diaryl/α,β-unsaturated/α-hetero) is 1. The number of furan rings is 1. The van der Waals surface area contributed by atoms with Crippen molar-refractivity contribution in [3.05, 3.63) is 28.5 Å². The van der Waals surface area contributed by atoms with E-state index in [1.165, 1.54) is 14.0 Å². The predicted molar refractivity (Wildman–Crippen MR) is 65.9 cm³/mol. The fraction of sp³-hybridized carbons (Fsp3) is 0.250. The largest absolute Gasteiger partial charge is 0.464 e. The van der Waals surface area contributed by atoms with Crippen LogP contribution in [0.3, 0.4) is 0 Å². The van der Waals surface area contributed by atoms with Gasteiger partial charge in [0.1, 0.15) is 10.6 Å². The lowest BCUT2D eigenvalue weighted by atomic mass is 10.3. The Labute approximate surface area is 107 Å². The van der Waals surface area contributed by atoms with Crippen molar-refractivity contribution in [1.29, 1.82) is 0 Å². The quantitative estimate of drug-likeness (QED) is 0.630. The normalized spacial score (nSPS) is 10.4. The van der Waals surface area contributed by atoms with Crippen LogP contribution in [0.1, 0.15) is 32.8 Å². The highest BCUT2D eigenvalue weighted by atomic mass is 32.1. The lowest BCUT2D eigenvalue weighted by Crippen LogP contribution is -2.06. The summed E-state index contributed by atoms with van der Waals surface area (Å²) in [5, 5.41) is 0.494. The van der Waals surface area contributed by atoms with E-state index in [4.69, 9.17) is 4.42 Å². The van der Waals surface area contributed by atoms with Gasteiger partial charge in [0.05, 0.1) is 7.11 Å². The molecule has 0 spiro atoms. The number of ketones is 1.